The van der Waals surface area contributed by atoms with Gasteiger partial charge in [-0.2, -0.15) is 0 Å². The normalized spacial score (nSPS) is 11.9. The van der Waals surface area contributed by atoms with Gasteiger partial charge in [0.25, 0.3) is 0 Å². The summed E-state index contributed by atoms with van der Waals surface area (Å²) in [6, 6.07) is 29.8. The van der Waals surface area contributed by atoms with E-state index in [2.05, 4.69) is 85.8 Å². The standard InChI is InChI=1S/C36H38S2/c1-2-3-4-5-6-7-8-9-10-12-15-26-18-19-29-25-34-32(24-30(29)22-26)36-35(38-34)31-23-28(20-21-33(31)37-36)27-16-13-11-14-17-27/h11,13-14,16-25H,2-10,12,15H2,1H3. The van der Waals surface area contributed by atoms with E-state index in [0.29, 0.717) is 0 Å². The highest BCUT2D eigenvalue weighted by molar-refractivity contribution is 7.36. The van der Waals surface area contributed by atoms with Gasteiger partial charge >= 0.3 is 0 Å². The smallest absolute Gasteiger partial charge is 0.0542 e. The van der Waals surface area contributed by atoms with Crippen molar-refractivity contribution in [2.24, 2.45) is 0 Å². The van der Waals surface area contributed by atoms with Crippen LogP contribution in [-0.2, 0) is 6.42 Å². The van der Waals surface area contributed by atoms with Crippen LogP contribution in [-0.4, -0.2) is 0 Å². The van der Waals surface area contributed by atoms with Crippen molar-refractivity contribution in [1.29, 1.82) is 0 Å². The molecule has 0 amide bonds. The summed E-state index contributed by atoms with van der Waals surface area (Å²) in [6.45, 7) is 2.30. The van der Waals surface area contributed by atoms with Gasteiger partial charge in [0.1, 0.15) is 0 Å². The van der Waals surface area contributed by atoms with E-state index in [1.54, 1.807) is 0 Å². The number of rotatable bonds is 12. The van der Waals surface area contributed by atoms with Crippen molar-refractivity contribution in [3.05, 3.63) is 84.4 Å². The zero-order valence-corrected chi connectivity index (χ0v) is 24.2. The Balaban J connectivity index is 1.17. The van der Waals surface area contributed by atoms with Crippen molar-refractivity contribution in [1.82, 2.24) is 0 Å². The molecule has 0 radical (unpaired) electrons. The predicted molar refractivity (Wildman–Crippen MR) is 173 cm³/mol. The van der Waals surface area contributed by atoms with Crippen LogP contribution in [0.3, 0.4) is 0 Å². The van der Waals surface area contributed by atoms with E-state index < -0.39 is 0 Å². The molecule has 2 aromatic heterocycles. The predicted octanol–water partition coefficient (Wildman–Crippen LogP) is 12.6. The second-order valence-corrected chi connectivity index (χ2v) is 13.0. The lowest BCUT2D eigenvalue weighted by Crippen LogP contribution is -1.87. The number of aryl methyl sites for hydroxylation is 1. The van der Waals surface area contributed by atoms with Gasteiger partial charge < -0.3 is 0 Å². The fourth-order valence-electron chi connectivity index (χ4n) is 5.83. The van der Waals surface area contributed by atoms with Crippen molar-refractivity contribution < 1.29 is 0 Å². The molecule has 0 nitrogen and oxygen atoms in total. The topological polar surface area (TPSA) is 0 Å². The van der Waals surface area contributed by atoms with Crippen molar-refractivity contribution in [2.75, 3.05) is 0 Å². The van der Waals surface area contributed by atoms with Crippen LogP contribution in [0.5, 0.6) is 0 Å². The van der Waals surface area contributed by atoms with E-state index in [1.807, 2.05) is 22.7 Å². The largest absolute Gasteiger partial charge is 0.134 e. The molecule has 0 spiro atoms. The van der Waals surface area contributed by atoms with Crippen LogP contribution in [0.15, 0.2) is 78.9 Å². The van der Waals surface area contributed by atoms with Crippen molar-refractivity contribution in [3.63, 3.8) is 0 Å². The van der Waals surface area contributed by atoms with Crippen LogP contribution in [0.2, 0.25) is 0 Å². The zero-order valence-electron chi connectivity index (χ0n) is 22.6. The Morgan fingerprint density at radius 2 is 1.18 bits per heavy atom. The zero-order chi connectivity index (χ0) is 25.7. The maximum Gasteiger partial charge on any atom is 0.0542 e. The Hall–Kier alpha value is -2.68. The molecule has 2 heterocycles. The first-order valence-corrected chi connectivity index (χ1v) is 16.3. The maximum atomic E-state index is 2.46. The molecule has 0 saturated carbocycles. The van der Waals surface area contributed by atoms with E-state index in [1.165, 1.54) is 128 Å². The molecule has 38 heavy (non-hydrogen) atoms. The third kappa shape index (κ3) is 5.53. The Morgan fingerprint density at radius 1 is 0.500 bits per heavy atom. The van der Waals surface area contributed by atoms with E-state index in [9.17, 15) is 0 Å². The number of benzene rings is 4. The van der Waals surface area contributed by atoms with Gasteiger partial charge in [-0.15, -0.1) is 22.7 Å². The maximum absolute atomic E-state index is 2.46. The summed E-state index contributed by atoms with van der Waals surface area (Å²) in [7, 11) is 0. The molecule has 4 aromatic carbocycles. The first-order valence-electron chi connectivity index (χ1n) is 14.7. The average molecular weight is 535 g/mol. The molecule has 0 aliphatic heterocycles. The van der Waals surface area contributed by atoms with E-state index in [0.717, 1.165) is 0 Å². The molecule has 0 fully saturated rings. The molecule has 0 saturated heterocycles. The van der Waals surface area contributed by atoms with E-state index in [-0.39, 0.29) is 0 Å². The van der Waals surface area contributed by atoms with Crippen molar-refractivity contribution >= 4 is 63.0 Å². The second-order valence-electron chi connectivity index (χ2n) is 10.9. The van der Waals surface area contributed by atoms with Crippen LogP contribution in [0.1, 0.15) is 76.7 Å². The number of fused-ring (bicyclic) bond motifs is 6. The van der Waals surface area contributed by atoms with Crippen LogP contribution in [0, 0.1) is 0 Å². The summed E-state index contributed by atoms with van der Waals surface area (Å²) in [5, 5.41) is 5.59. The lowest BCUT2D eigenvalue weighted by Gasteiger charge is -2.05. The summed E-state index contributed by atoms with van der Waals surface area (Å²) in [5.74, 6) is 0. The molecule has 0 N–H and O–H groups in total. The molecule has 0 unspecified atom stereocenters. The molecular weight excluding hydrogens is 497 g/mol. The van der Waals surface area contributed by atoms with Gasteiger partial charge in [0.05, 0.1) is 9.40 Å². The molecular formula is C36H38S2. The summed E-state index contributed by atoms with van der Waals surface area (Å²) >= 11 is 3.91. The number of hydrogen-bond donors (Lipinski definition) is 0. The van der Waals surface area contributed by atoms with Gasteiger partial charge in [0.15, 0.2) is 0 Å². The molecule has 0 atom stereocenters. The molecule has 6 rings (SSSR count). The minimum atomic E-state index is 1.20. The Labute approximate surface area is 235 Å². The first-order chi connectivity index (χ1) is 18.8. The van der Waals surface area contributed by atoms with Gasteiger partial charge in [0, 0.05) is 20.2 Å². The fourth-order valence-corrected chi connectivity index (χ4v) is 8.48. The highest BCUT2D eigenvalue weighted by Gasteiger charge is 2.14. The quantitative estimate of drug-likeness (QED) is 0.137. The minimum absolute atomic E-state index is 1.20. The highest BCUT2D eigenvalue weighted by atomic mass is 32.1. The molecule has 0 bridgehead atoms. The molecule has 6 aromatic rings. The highest BCUT2D eigenvalue weighted by Crippen LogP contribution is 2.46. The SMILES string of the molecule is CCCCCCCCCCCCc1ccc2cc3sc4c5cc(-c6ccccc6)ccc5sc4c3cc2c1. The fraction of sp³-hybridized carbons (Fsp3) is 0.333. The number of hydrogen-bond acceptors (Lipinski definition) is 2. The van der Waals surface area contributed by atoms with Gasteiger partial charge in [0.2, 0.25) is 0 Å². The number of thiophene rings is 2. The van der Waals surface area contributed by atoms with Gasteiger partial charge in [-0.25, -0.2) is 0 Å². The van der Waals surface area contributed by atoms with E-state index >= 15 is 0 Å². The third-order valence-corrected chi connectivity index (χ3v) is 10.5. The lowest BCUT2D eigenvalue weighted by atomic mass is 10.0. The second kappa shape index (κ2) is 12.0. The molecule has 0 aliphatic rings. The van der Waals surface area contributed by atoms with E-state index in [4.69, 9.17) is 0 Å². The van der Waals surface area contributed by atoms with Crippen molar-refractivity contribution in [2.45, 2.75) is 77.6 Å². The summed E-state index contributed by atoms with van der Waals surface area (Å²) < 4.78 is 5.70. The monoisotopic (exact) mass is 534 g/mol. The van der Waals surface area contributed by atoms with Crippen LogP contribution in [0.4, 0.5) is 0 Å². The van der Waals surface area contributed by atoms with Gasteiger partial charge in [-0.1, -0.05) is 119 Å². The number of unbranched alkanes of at least 4 members (excludes halogenated alkanes) is 9. The Bertz CT molecular complexity index is 1650. The molecule has 194 valence electrons. The summed E-state index contributed by atoms with van der Waals surface area (Å²) in [4.78, 5) is 0. The van der Waals surface area contributed by atoms with Crippen molar-refractivity contribution in [3.8, 4) is 11.1 Å². The van der Waals surface area contributed by atoms with Crippen LogP contribution in [0.25, 0.3) is 51.5 Å². The Morgan fingerprint density at radius 3 is 1.95 bits per heavy atom. The van der Waals surface area contributed by atoms with Crippen LogP contribution < -0.4 is 0 Å². The first kappa shape index (κ1) is 25.6. The average Bonchev–Trinajstić information content (AvgIpc) is 3.48. The lowest BCUT2D eigenvalue weighted by molar-refractivity contribution is 0.556. The molecule has 2 heteroatoms. The van der Waals surface area contributed by atoms with Gasteiger partial charge in [-0.05, 0) is 64.6 Å². The summed E-state index contributed by atoms with van der Waals surface area (Å²) in [6.07, 6.45) is 15.2. The summed E-state index contributed by atoms with van der Waals surface area (Å²) in [5.41, 5.74) is 4.08. The van der Waals surface area contributed by atoms with Gasteiger partial charge in [-0.3, -0.25) is 0 Å². The van der Waals surface area contributed by atoms with Crippen LogP contribution >= 0.6 is 22.7 Å². The third-order valence-electron chi connectivity index (χ3n) is 8.03. The molecule has 0 aliphatic carbocycles. The minimum Gasteiger partial charge on any atom is -0.134 e. The Kier molecular flexibility index (Phi) is 8.09.